The van der Waals surface area contributed by atoms with Gasteiger partial charge in [-0.3, -0.25) is 9.97 Å². The Hall–Kier alpha value is 3.70. The SMILES string of the molecule is O=S(=O)([O-])c1ccc(S(=O)(=O)[O-])c(N=c2[nH]c(Cl)nc(=Nc3ccc(/C=C/c4ccc(N=c5nc(Cl)[nH]c(=Nc6cc(S(=O)(=O)[O-])ccc6S(=O)(=O)[O-])[nH]5)cc4S(=O)(=O)[O-])c(S(=O)(=O)[O-])c3)[nH]2)c1.[K+].[K+].[K+].[K+].[K+].[K+]. The minimum atomic E-state index is -5.39. The van der Waals surface area contributed by atoms with Crippen LogP contribution in [0, 0.1) is 0 Å². The van der Waals surface area contributed by atoms with Crippen LogP contribution in [0.4, 0.5) is 22.7 Å². The predicted octanol–water partition coefficient (Wildman–Crippen LogP) is -18.4. The number of H-pyrrole nitrogens is 4. The molecule has 4 aromatic carbocycles. The number of hydrogen-bond acceptors (Lipinski definition) is 24. The molecule has 0 saturated heterocycles. The summed E-state index contributed by atoms with van der Waals surface area (Å²) in [7, 11) is -31.7. The van der Waals surface area contributed by atoms with Gasteiger partial charge in [0.1, 0.15) is 60.7 Å². The van der Waals surface area contributed by atoms with Crippen molar-refractivity contribution < 1.29 is 386 Å². The van der Waals surface area contributed by atoms with Gasteiger partial charge in [-0.1, -0.05) is 24.3 Å². The Morgan fingerprint density at radius 3 is 0.986 bits per heavy atom. The molecule has 2 aromatic heterocycles. The molecular formula is C32H18Cl2K6N10O18S6. The van der Waals surface area contributed by atoms with Crippen LogP contribution >= 0.6 is 23.2 Å². The molecule has 6 rings (SSSR count). The molecule has 0 spiro atoms. The summed E-state index contributed by atoms with van der Waals surface area (Å²) in [4.78, 5) is 26.6. The number of aromatic amines is 4. The third kappa shape index (κ3) is 22.6. The number of benzene rings is 4. The molecule has 0 saturated carbocycles. The molecule has 360 valence electrons. The van der Waals surface area contributed by atoms with Crippen LogP contribution in [0.1, 0.15) is 11.1 Å². The van der Waals surface area contributed by atoms with E-state index in [1.165, 1.54) is 0 Å². The van der Waals surface area contributed by atoms with Gasteiger partial charge >= 0.3 is 308 Å². The minimum absolute atomic E-state index is 0. The average molecular weight is 1330 g/mol. The second-order valence-corrected chi connectivity index (χ2v) is 21.7. The second kappa shape index (κ2) is 31.7. The fourth-order valence-corrected chi connectivity index (χ4v) is 9.34. The number of aromatic nitrogens is 6. The Labute approximate surface area is 684 Å². The summed E-state index contributed by atoms with van der Waals surface area (Å²) < 4.78 is 214. The van der Waals surface area contributed by atoms with Crippen molar-refractivity contribution in [1.82, 2.24) is 29.9 Å². The normalized spacial score (nSPS) is 13.1. The van der Waals surface area contributed by atoms with Crippen molar-refractivity contribution >= 4 is 119 Å². The maximum absolute atomic E-state index is 12.4. The van der Waals surface area contributed by atoms with Gasteiger partial charge in [-0.2, -0.15) is 9.97 Å². The van der Waals surface area contributed by atoms with Crippen LogP contribution in [-0.4, -0.2) is 108 Å². The van der Waals surface area contributed by atoms with Gasteiger partial charge in [0.05, 0.1) is 52.1 Å². The number of rotatable bonds is 12. The standard InChI is InChI=1S/C32H24Cl2N10O18S6.6K/c33-27-39-29(43-31(41-27)37-21-13-19(63(45,46)47)7-9-23(21)65(51,52)53)35-17-5-3-15(25(11-17)67(57,58)59)1-2-16-4-6-18(12-26(16)68(60,61)62)36-30-40-28(34)42-32(44-30)38-22-14-20(64(48,49)50)8-10-24(22)66(54,55)56;;;;;;/h1-14H,(H,45,46,47)(H,48,49,50)(H,51,52,53)(H,54,55,56)(H,57,58,59)(H,60,61,62)(H2,35,37,39,41,43)(H2,36,38,40,42,44);;;;;;/q;6*+1/p-6/b2-1+;;;;;;. The van der Waals surface area contributed by atoms with E-state index < -0.39 is 134 Å². The topological polar surface area (TPSA) is 482 Å². The molecule has 0 fully saturated rings. The van der Waals surface area contributed by atoms with E-state index in [2.05, 4.69) is 49.9 Å². The summed E-state index contributed by atoms with van der Waals surface area (Å²) in [6, 6.07) is 8.84. The molecule has 0 atom stereocenters. The number of nitrogens with zero attached hydrogens (tertiary/aromatic N) is 6. The fraction of sp³-hybridized carbons (Fsp3) is 0. The summed E-state index contributed by atoms with van der Waals surface area (Å²) >= 11 is 12.0. The Bertz CT molecular complexity index is 3900. The van der Waals surface area contributed by atoms with Crippen LogP contribution in [-0.2, 0) is 60.7 Å². The molecule has 0 aliphatic rings. The van der Waals surface area contributed by atoms with E-state index in [1.807, 2.05) is 0 Å². The van der Waals surface area contributed by atoms with Gasteiger partial charge in [-0.15, -0.1) is 0 Å². The number of hydrogen-bond donors (Lipinski definition) is 4. The Morgan fingerprint density at radius 2 is 0.703 bits per heavy atom. The molecule has 74 heavy (non-hydrogen) atoms. The Kier molecular flexibility index (Phi) is 33.3. The summed E-state index contributed by atoms with van der Waals surface area (Å²) in [5, 5.41) is -1.06. The molecule has 0 bridgehead atoms. The Morgan fingerprint density at radius 1 is 0.392 bits per heavy atom. The largest absolute Gasteiger partial charge is 1.00 e. The minimum Gasteiger partial charge on any atom is -0.744 e. The second-order valence-electron chi connectivity index (χ2n) is 12.9. The monoisotopic (exact) mass is 1330 g/mol. The van der Waals surface area contributed by atoms with E-state index in [9.17, 15) is 77.8 Å². The number of halogens is 2. The third-order valence-electron chi connectivity index (χ3n) is 8.20. The first-order valence-electron chi connectivity index (χ1n) is 17.1. The molecule has 0 unspecified atom stereocenters. The summed E-state index contributed by atoms with van der Waals surface area (Å²) in [5.74, 6) is 0. The Balaban J connectivity index is 0.00000888. The molecule has 28 nitrogen and oxygen atoms in total. The van der Waals surface area contributed by atoms with Gasteiger partial charge in [0.25, 0.3) is 0 Å². The van der Waals surface area contributed by atoms with Gasteiger partial charge in [-0.25, -0.2) is 70.5 Å². The fourth-order valence-electron chi connectivity index (χ4n) is 5.45. The van der Waals surface area contributed by atoms with Crippen molar-refractivity contribution in [1.29, 1.82) is 0 Å². The van der Waals surface area contributed by atoms with E-state index in [0.29, 0.717) is 36.4 Å². The first-order valence-corrected chi connectivity index (χ1v) is 26.4. The van der Waals surface area contributed by atoms with Crippen LogP contribution in [0.3, 0.4) is 0 Å². The maximum Gasteiger partial charge on any atom is 1.00 e. The molecule has 0 radical (unpaired) electrons. The molecule has 42 heteroatoms. The van der Waals surface area contributed by atoms with Crippen molar-refractivity contribution in [3.8, 4) is 0 Å². The van der Waals surface area contributed by atoms with Crippen LogP contribution < -0.4 is 331 Å². The van der Waals surface area contributed by atoms with Crippen molar-refractivity contribution in [2.75, 3.05) is 0 Å². The van der Waals surface area contributed by atoms with Gasteiger partial charge < -0.3 is 37.3 Å². The third-order valence-corrected chi connectivity index (χ3v) is 13.8. The van der Waals surface area contributed by atoms with Crippen LogP contribution in [0.2, 0.25) is 10.6 Å². The van der Waals surface area contributed by atoms with Crippen LogP contribution in [0.15, 0.2) is 122 Å². The number of nitrogens with one attached hydrogen (secondary N) is 4. The zero-order chi connectivity index (χ0) is 50.4. The molecule has 0 aliphatic carbocycles. The van der Waals surface area contributed by atoms with Crippen LogP contribution in [0.5, 0.6) is 0 Å². The zero-order valence-electron chi connectivity index (χ0n) is 38.3. The van der Waals surface area contributed by atoms with Crippen molar-refractivity contribution in [3.63, 3.8) is 0 Å². The first kappa shape index (κ1) is 77.7. The molecular weight excluding hydrogens is 1310 g/mol. The van der Waals surface area contributed by atoms with Crippen LogP contribution in [0.25, 0.3) is 12.2 Å². The van der Waals surface area contributed by atoms with Gasteiger partial charge in [-0.05, 0) is 95.0 Å². The van der Waals surface area contributed by atoms with E-state index >= 15 is 0 Å². The molecule has 0 aliphatic heterocycles. The van der Waals surface area contributed by atoms with Gasteiger partial charge in [0.2, 0.25) is 33.0 Å². The smallest absolute Gasteiger partial charge is 0.744 e. The summed E-state index contributed by atoms with van der Waals surface area (Å²) in [5.41, 5.74) is -5.27. The zero-order valence-corrected chi connectivity index (χ0v) is 63.5. The van der Waals surface area contributed by atoms with E-state index in [1.54, 1.807) is 0 Å². The molecule has 0 amide bonds. The van der Waals surface area contributed by atoms with E-state index in [4.69, 9.17) is 23.2 Å². The summed E-state index contributed by atoms with van der Waals surface area (Å²) in [6.07, 6.45) is 1.87. The van der Waals surface area contributed by atoms with E-state index in [-0.39, 0.29) is 331 Å². The van der Waals surface area contributed by atoms with Crippen molar-refractivity contribution in [2.45, 2.75) is 29.4 Å². The molecule has 4 N–H and O–H groups in total. The first-order chi connectivity index (χ1) is 31.2. The molecule has 2 heterocycles. The quantitative estimate of drug-likeness (QED) is 0.0502. The van der Waals surface area contributed by atoms with Gasteiger partial charge in [0, 0.05) is 0 Å². The maximum atomic E-state index is 12.4. The van der Waals surface area contributed by atoms with Gasteiger partial charge in [0.15, 0.2) is 0 Å². The predicted molar refractivity (Wildman–Crippen MR) is 219 cm³/mol. The summed E-state index contributed by atoms with van der Waals surface area (Å²) in [6.45, 7) is 0. The van der Waals surface area contributed by atoms with Crippen molar-refractivity contribution in [2.24, 2.45) is 20.0 Å². The average Bonchev–Trinajstić information content (AvgIpc) is 3.18. The van der Waals surface area contributed by atoms with Crippen molar-refractivity contribution in [3.05, 3.63) is 117 Å². The van der Waals surface area contributed by atoms with E-state index in [0.717, 1.165) is 48.6 Å². The molecule has 6 aromatic rings.